The van der Waals surface area contributed by atoms with Crippen LogP contribution in [-0.4, -0.2) is 34.5 Å². The molecular formula is C7H12N2O3S. The van der Waals surface area contributed by atoms with Gasteiger partial charge in [-0.3, -0.25) is 4.79 Å². The van der Waals surface area contributed by atoms with E-state index in [9.17, 15) is 4.79 Å². The first-order valence-electron chi connectivity index (χ1n) is 3.88. The zero-order valence-corrected chi connectivity index (χ0v) is 7.80. The van der Waals surface area contributed by atoms with Crippen LogP contribution in [0.1, 0.15) is 5.69 Å². The molecule has 0 saturated carbocycles. The van der Waals surface area contributed by atoms with Crippen LogP contribution in [0.25, 0.3) is 0 Å². The SMILES string of the molecule is O=c1[nH]c(CNC[C@H](O)CO)cs1. The quantitative estimate of drug-likeness (QED) is 0.489. The van der Waals surface area contributed by atoms with Gasteiger partial charge in [0.15, 0.2) is 0 Å². The molecule has 5 nitrogen and oxygen atoms in total. The Kier molecular flexibility index (Phi) is 4.10. The maximum absolute atomic E-state index is 10.7. The van der Waals surface area contributed by atoms with Crippen LogP contribution < -0.4 is 10.2 Å². The van der Waals surface area contributed by atoms with Gasteiger partial charge in [0.1, 0.15) is 0 Å². The monoisotopic (exact) mass is 204 g/mol. The van der Waals surface area contributed by atoms with E-state index >= 15 is 0 Å². The molecule has 0 bridgehead atoms. The largest absolute Gasteiger partial charge is 0.394 e. The number of aliphatic hydroxyl groups is 2. The Bertz CT molecular complexity index is 296. The van der Waals surface area contributed by atoms with Crippen LogP contribution in [0.2, 0.25) is 0 Å². The first-order valence-corrected chi connectivity index (χ1v) is 4.76. The highest BCUT2D eigenvalue weighted by atomic mass is 32.1. The standard InChI is InChI=1S/C7H12N2O3S/c10-3-6(11)2-8-1-5-4-13-7(12)9-5/h4,6,8,10-11H,1-3H2,(H,9,12)/t6-/m0/s1. The first-order chi connectivity index (χ1) is 6.22. The molecule has 0 amide bonds. The number of hydrogen-bond acceptors (Lipinski definition) is 5. The molecule has 13 heavy (non-hydrogen) atoms. The van der Waals surface area contributed by atoms with Crippen molar-refractivity contribution in [3.63, 3.8) is 0 Å². The van der Waals surface area contributed by atoms with Crippen LogP contribution >= 0.6 is 11.3 Å². The minimum absolute atomic E-state index is 0.0838. The highest BCUT2D eigenvalue weighted by molar-refractivity contribution is 7.07. The van der Waals surface area contributed by atoms with E-state index in [1.165, 1.54) is 0 Å². The molecule has 1 aromatic heterocycles. The Morgan fingerprint density at radius 1 is 1.69 bits per heavy atom. The number of nitrogens with one attached hydrogen (secondary N) is 2. The zero-order chi connectivity index (χ0) is 9.68. The molecule has 0 fully saturated rings. The number of rotatable bonds is 5. The Balaban J connectivity index is 2.24. The molecule has 0 radical (unpaired) electrons. The van der Waals surface area contributed by atoms with Crippen molar-refractivity contribution in [2.75, 3.05) is 13.2 Å². The number of thiazole rings is 1. The molecule has 1 heterocycles. The van der Waals surface area contributed by atoms with E-state index in [0.29, 0.717) is 13.1 Å². The maximum Gasteiger partial charge on any atom is 0.304 e. The van der Waals surface area contributed by atoms with Gasteiger partial charge in [-0.2, -0.15) is 0 Å². The molecular weight excluding hydrogens is 192 g/mol. The van der Waals surface area contributed by atoms with Gasteiger partial charge in [0, 0.05) is 24.2 Å². The smallest absolute Gasteiger partial charge is 0.304 e. The van der Waals surface area contributed by atoms with Gasteiger partial charge in [-0.15, -0.1) is 0 Å². The van der Waals surface area contributed by atoms with Crippen molar-refractivity contribution in [3.8, 4) is 0 Å². The molecule has 0 aliphatic carbocycles. The zero-order valence-electron chi connectivity index (χ0n) is 6.99. The highest BCUT2D eigenvalue weighted by Gasteiger charge is 2.01. The lowest BCUT2D eigenvalue weighted by atomic mass is 10.3. The van der Waals surface area contributed by atoms with Crippen LogP contribution in [0.4, 0.5) is 0 Å². The predicted octanol–water partition coefficient (Wildman–Crippen LogP) is -1.12. The molecule has 0 unspecified atom stereocenters. The molecule has 1 aromatic rings. The Labute approximate surface area is 79.1 Å². The van der Waals surface area contributed by atoms with Crippen molar-refractivity contribution < 1.29 is 10.2 Å². The molecule has 0 spiro atoms. The van der Waals surface area contributed by atoms with Gasteiger partial charge in [0.05, 0.1) is 12.7 Å². The first kappa shape index (κ1) is 10.4. The van der Waals surface area contributed by atoms with E-state index in [2.05, 4.69) is 10.3 Å². The van der Waals surface area contributed by atoms with Crippen molar-refractivity contribution in [1.29, 1.82) is 0 Å². The Hall–Kier alpha value is -0.690. The fourth-order valence-corrected chi connectivity index (χ4v) is 1.42. The minimum atomic E-state index is -0.745. The van der Waals surface area contributed by atoms with Crippen molar-refractivity contribution in [3.05, 3.63) is 20.7 Å². The minimum Gasteiger partial charge on any atom is -0.394 e. The van der Waals surface area contributed by atoms with E-state index in [1.807, 2.05) is 0 Å². The number of hydrogen-bond donors (Lipinski definition) is 4. The number of aromatic nitrogens is 1. The summed E-state index contributed by atoms with van der Waals surface area (Å²) in [5.74, 6) is 0. The molecule has 74 valence electrons. The molecule has 0 aromatic carbocycles. The fraction of sp³-hybridized carbons (Fsp3) is 0.571. The van der Waals surface area contributed by atoms with E-state index in [-0.39, 0.29) is 11.5 Å². The second-order valence-corrected chi connectivity index (χ2v) is 3.48. The summed E-state index contributed by atoms with van der Waals surface area (Å²) in [7, 11) is 0. The van der Waals surface area contributed by atoms with Gasteiger partial charge < -0.3 is 20.5 Å². The fourth-order valence-electron chi connectivity index (χ4n) is 0.839. The molecule has 0 aliphatic rings. The lowest BCUT2D eigenvalue weighted by Crippen LogP contribution is -2.29. The van der Waals surface area contributed by atoms with Crippen molar-refractivity contribution in [2.45, 2.75) is 12.6 Å². The molecule has 1 rings (SSSR count). The Morgan fingerprint density at radius 3 is 3.00 bits per heavy atom. The third kappa shape index (κ3) is 3.69. The van der Waals surface area contributed by atoms with Crippen LogP contribution in [0.3, 0.4) is 0 Å². The van der Waals surface area contributed by atoms with Crippen molar-refractivity contribution >= 4 is 11.3 Å². The van der Waals surface area contributed by atoms with Crippen LogP contribution in [-0.2, 0) is 6.54 Å². The summed E-state index contributed by atoms with van der Waals surface area (Å²) in [6, 6.07) is 0. The summed E-state index contributed by atoms with van der Waals surface area (Å²) in [6.45, 7) is 0.553. The van der Waals surface area contributed by atoms with E-state index < -0.39 is 6.10 Å². The van der Waals surface area contributed by atoms with Crippen LogP contribution in [0.5, 0.6) is 0 Å². The predicted molar refractivity (Wildman–Crippen MR) is 49.7 cm³/mol. The average molecular weight is 204 g/mol. The molecule has 1 atom stereocenters. The summed E-state index contributed by atoms with van der Waals surface area (Å²) in [6.07, 6.45) is -0.745. The maximum atomic E-state index is 10.7. The van der Waals surface area contributed by atoms with Crippen molar-refractivity contribution in [1.82, 2.24) is 10.3 Å². The summed E-state index contributed by atoms with van der Waals surface area (Å²) >= 11 is 1.11. The Morgan fingerprint density at radius 2 is 2.46 bits per heavy atom. The van der Waals surface area contributed by atoms with E-state index in [1.54, 1.807) is 5.38 Å². The summed E-state index contributed by atoms with van der Waals surface area (Å²) in [5, 5.41) is 22.1. The van der Waals surface area contributed by atoms with Crippen LogP contribution in [0.15, 0.2) is 10.2 Å². The van der Waals surface area contributed by atoms with Crippen LogP contribution in [0, 0.1) is 0 Å². The third-order valence-electron chi connectivity index (χ3n) is 1.48. The lowest BCUT2D eigenvalue weighted by Gasteiger charge is -2.06. The number of aromatic amines is 1. The lowest BCUT2D eigenvalue weighted by molar-refractivity contribution is 0.0941. The van der Waals surface area contributed by atoms with Gasteiger partial charge in [0.25, 0.3) is 0 Å². The van der Waals surface area contributed by atoms with Gasteiger partial charge in [-0.05, 0) is 0 Å². The van der Waals surface area contributed by atoms with E-state index in [0.717, 1.165) is 17.0 Å². The van der Waals surface area contributed by atoms with Crippen molar-refractivity contribution in [2.24, 2.45) is 0 Å². The average Bonchev–Trinajstić information content (AvgIpc) is 2.51. The van der Waals surface area contributed by atoms with Gasteiger partial charge >= 0.3 is 4.87 Å². The number of aliphatic hydroxyl groups excluding tert-OH is 2. The van der Waals surface area contributed by atoms with Gasteiger partial charge in [-0.1, -0.05) is 11.3 Å². The topological polar surface area (TPSA) is 85.4 Å². The summed E-state index contributed by atoms with van der Waals surface area (Å²) in [5.41, 5.74) is 0.792. The van der Waals surface area contributed by atoms with Gasteiger partial charge in [0.2, 0.25) is 0 Å². The number of H-pyrrole nitrogens is 1. The second-order valence-electron chi connectivity index (χ2n) is 2.64. The summed E-state index contributed by atoms with van der Waals surface area (Å²) in [4.78, 5) is 13.2. The molecule has 6 heteroatoms. The molecule has 4 N–H and O–H groups in total. The third-order valence-corrected chi connectivity index (χ3v) is 2.20. The summed E-state index contributed by atoms with van der Waals surface area (Å²) < 4.78 is 0. The molecule has 0 saturated heterocycles. The van der Waals surface area contributed by atoms with Gasteiger partial charge in [-0.25, -0.2) is 0 Å². The normalized spacial score (nSPS) is 13.1. The highest BCUT2D eigenvalue weighted by Crippen LogP contribution is 1.94. The molecule has 0 aliphatic heterocycles. The van der Waals surface area contributed by atoms with E-state index in [4.69, 9.17) is 10.2 Å². The second kappa shape index (κ2) is 5.13.